The van der Waals surface area contributed by atoms with Crippen molar-refractivity contribution in [1.82, 2.24) is 0 Å². The molecular weight excluding hydrogens is 180 g/mol. The summed E-state index contributed by atoms with van der Waals surface area (Å²) in [5.74, 6) is 6.41. The smallest absolute Gasteiger partial charge is 0.0835 e. The normalized spacial score (nSPS) is 9.38. The Labute approximate surface area is 88.1 Å². The third kappa shape index (κ3) is 11.9. The summed E-state index contributed by atoms with van der Waals surface area (Å²) < 4.78 is 0. The van der Waals surface area contributed by atoms with Gasteiger partial charge in [-0.1, -0.05) is 51.4 Å². The summed E-state index contributed by atoms with van der Waals surface area (Å²) in [7, 11) is 0. The van der Waals surface area contributed by atoms with Gasteiger partial charge in [-0.3, -0.25) is 0 Å². The van der Waals surface area contributed by atoms with Crippen LogP contribution in [-0.4, -0.2) is 5.88 Å². The summed E-state index contributed by atoms with van der Waals surface area (Å²) in [6.45, 7) is 2.25. The summed E-state index contributed by atoms with van der Waals surface area (Å²) >= 11 is 5.43. The molecule has 0 heterocycles. The van der Waals surface area contributed by atoms with Crippen LogP contribution in [0.15, 0.2) is 0 Å². The quantitative estimate of drug-likeness (QED) is 0.325. The second-order valence-electron chi connectivity index (χ2n) is 3.36. The van der Waals surface area contributed by atoms with E-state index in [-0.39, 0.29) is 0 Å². The summed E-state index contributed by atoms with van der Waals surface area (Å²) in [5, 5.41) is 0. The number of hydrogen-bond donors (Lipinski definition) is 0. The molecule has 0 spiro atoms. The number of hydrogen-bond acceptors (Lipinski definition) is 0. The molecule has 0 atom stereocenters. The van der Waals surface area contributed by atoms with Gasteiger partial charge in [0.05, 0.1) is 5.88 Å². The number of unbranched alkanes of at least 4 members (excludes halogenated alkanes) is 7. The van der Waals surface area contributed by atoms with Crippen molar-refractivity contribution in [3.8, 4) is 11.8 Å². The van der Waals surface area contributed by atoms with Crippen molar-refractivity contribution in [3.63, 3.8) is 0 Å². The van der Waals surface area contributed by atoms with Gasteiger partial charge in [0.25, 0.3) is 0 Å². The highest BCUT2D eigenvalue weighted by atomic mass is 35.5. The predicted molar refractivity (Wildman–Crippen MR) is 61.1 cm³/mol. The maximum Gasteiger partial charge on any atom is 0.0835 e. The summed E-state index contributed by atoms with van der Waals surface area (Å²) in [6.07, 6.45) is 10.5. The van der Waals surface area contributed by atoms with Crippen molar-refractivity contribution in [2.24, 2.45) is 0 Å². The molecule has 0 radical (unpaired) electrons. The number of rotatable bonds is 7. The van der Waals surface area contributed by atoms with Gasteiger partial charge in [0.15, 0.2) is 0 Å². The number of halogens is 1. The fraction of sp³-hybridized carbons (Fsp3) is 0.833. The summed E-state index contributed by atoms with van der Waals surface area (Å²) in [4.78, 5) is 0. The van der Waals surface area contributed by atoms with Gasteiger partial charge >= 0.3 is 0 Å². The first-order valence-electron chi connectivity index (χ1n) is 5.43. The van der Waals surface area contributed by atoms with Crippen LogP contribution < -0.4 is 0 Å². The Morgan fingerprint density at radius 1 is 0.846 bits per heavy atom. The molecule has 0 saturated carbocycles. The topological polar surface area (TPSA) is 0 Å². The summed E-state index contributed by atoms with van der Waals surface area (Å²) in [6, 6.07) is 0. The Morgan fingerprint density at radius 3 is 2.08 bits per heavy atom. The molecule has 0 aromatic heterocycles. The molecule has 0 aliphatic carbocycles. The van der Waals surface area contributed by atoms with Crippen LogP contribution in [0.1, 0.15) is 58.3 Å². The summed E-state index contributed by atoms with van der Waals surface area (Å²) in [5.41, 5.74) is 0. The van der Waals surface area contributed by atoms with E-state index in [9.17, 15) is 0 Å². The van der Waals surface area contributed by atoms with Crippen molar-refractivity contribution in [2.75, 3.05) is 5.88 Å². The second-order valence-corrected chi connectivity index (χ2v) is 3.63. The van der Waals surface area contributed by atoms with Gasteiger partial charge < -0.3 is 0 Å². The maximum atomic E-state index is 5.43. The molecule has 0 unspecified atom stereocenters. The Hall–Kier alpha value is -0.150. The van der Waals surface area contributed by atoms with E-state index in [4.69, 9.17) is 11.6 Å². The van der Waals surface area contributed by atoms with E-state index in [0.29, 0.717) is 5.88 Å². The minimum absolute atomic E-state index is 0.483. The average molecular weight is 201 g/mol. The van der Waals surface area contributed by atoms with E-state index in [1.165, 1.54) is 44.9 Å². The van der Waals surface area contributed by atoms with E-state index in [1.54, 1.807) is 0 Å². The average Bonchev–Trinajstić information content (AvgIpc) is 2.16. The lowest BCUT2D eigenvalue weighted by Crippen LogP contribution is -1.79. The highest BCUT2D eigenvalue weighted by Crippen LogP contribution is 2.07. The van der Waals surface area contributed by atoms with Crippen LogP contribution in [0.5, 0.6) is 0 Å². The lowest BCUT2D eigenvalue weighted by Gasteiger charge is -1.97. The monoisotopic (exact) mass is 200 g/mol. The van der Waals surface area contributed by atoms with Crippen LogP contribution >= 0.6 is 11.6 Å². The number of alkyl halides is 1. The third-order valence-electron chi connectivity index (χ3n) is 2.10. The Balaban J connectivity index is 2.91. The van der Waals surface area contributed by atoms with Gasteiger partial charge in [-0.05, 0) is 6.42 Å². The molecule has 0 rings (SSSR count). The molecule has 0 aromatic carbocycles. The van der Waals surface area contributed by atoms with Gasteiger partial charge in [-0.2, -0.15) is 0 Å². The van der Waals surface area contributed by atoms with Gasteiger partial charge in [-0.15, -0.1) is 17.5 Å². The molecule has 0 bridgehead atoms. The van der Waals surface area contributed by atoms with Gasteiger partial charge in [0.1, 0.15) is 0 Å². The van der Waals surface area contributed by atoms with Gasteiger partial charge in [0, 0.05) is 6.42 Å². The minimum atomic E-state index is 0.483. The fourth-order valence-electron chi connectivity index (χ4n) is 1.31. The Kier molecular flexibility index (Phi) is 11.7. The van der Waals surface area contributed by atoms with E-state index in [1.807, 2.05) is 0 Å². The minimum Gasteiger partial charge on any atom is -0.113 e. The van der Waals surface area contributed by atoms with Crippen molar-refractivity contribution >= 4 is 11.6 Å². The van der Waals surface area contributed by atoms with Crippen LogP contribution in [0.3, 0.4) is 0 Å². The molecule has 0 aliphatic rings. The molecule has 0 aliphatic heterocycles. The molecule has 1 heteroatoms. The molecule has 0 aromatic rings. The van der Waals surface area contributed by atoms with E-state index < -0.39 is 0 Å². The maximum absolute atomic E-state index is 5.43. The van der Waals surface area contributed by atoms with Crippen molar-refractivity contribution in [1.29, 1.82) is 0 Å². The fourth-order valence-corrected chi connectivity index (χ4v) is 1.40. The second kappa shape index (κ2) is 11.8. The van der Waals surface area contributed by atoms with Gasteiger partial charge in [-0.25, -0.2) is 0 Å². The largest absolute Gasteiger partial charge is 0.113 e. The van der Waals surface area contributed by atoms with Gasteiger partial charge in [0.2, 0.25) is 0 Å². The SMILES string of the molecule is CCCCCCCCCC#CCCl. The lowest BCUT2D eigenvalue weighted by molar-refractivity contribution is 0.594. The molecule has 0 N–H and O–H groups in total. The molecule has 0 fully saturated rings. The molecule has 13 heavy (non-hydrogen) atoms. The van der Waals surface area contributed by atoms with Crippen LogP contribution in [0.25, 0.3) is 0 Å². The van der Waals surface area contributed by atoms with Crippen LogP contribution in [-0.2, 0) is 0 Å². The zero-order chi connectivity index (χ0) is 9.78. The van der Waals surface area contributed by atoms with Crippen LogP contribution in [0, 0.1) is 11.8 Å². The van der Waals surface area contributed by atoms with Crippen molar-refractivity contribution in [3.05, 3.63) is 0 Å². The zero-order valence-electron chi connectivity index (χ0n) is 8.74. The highest BCUT2D eigenvalue weighted by molar-refractivity contribution is 6.19. The van der Waals surface area contributed by atoms with Crippen LogP contribution in [0.4, 0.5) is 0 Å². The molecule has 0 amide bonds. The molecule has 0 saturated heterocycles. The first-order chi connectivity index (χ1) is 6.41. The first-order valence-corrected chi connectivity index (χ1v) is 5.97. The Morgan fingerprint density at radius 2 is 1.46 bits per heavy atom. The molecule has 76 valence electrons. The van der Waals surface area contributed by atoms with Crippen molar-refractivity contribution < 1.29 is 0 Å². The van der Waals surface area contributed by atoms with E-state index >= 15 is 0 Å². The molecule has 0 nitrogen and oxygen atoms in total. The third-order valence-corrected chi connectivity index (χ3v) is 2.23. The highest BCUT2D eigenvalue weighted by Gasteiger charge is 1.88. The molecular formula is C12H21Cl. The standard InChI is InChI=1S/C12H21Cl/c1-2-3-4-5-6-7-8-9-10-11-12-13/h2-9,12H2,1H3. The zero-order valence-corrected chi connectivity index (χ0v) is 9.50. The Bertz CT molecular complexity index is 141. The predicted octanol–water partition coefficient (Wildman–Crippen LogP) is 4.37. The van der Waals surface area contributed by atoms with Crippen molar-refractivity contribution in [2.45, 2.75) is 58.3 Å². The lowest BCUT2D eigenvalue weighted by atomic mass is 10.1. The first kappa shape index (κ1) is 12.8. The van der Waals surface area contributed by atoms with E-state index in [2.05, 4.69) is 18.8 Å². The van der Waals surface area contributed by atoms with E-state index in [0.717, 1.165) is 6.42 Å². The van der Waals surface area contributed by atoms with Crippen LogP contribution in [0.2, 0.25) is 0 Å².